The fourth-order valence-electron chi connectivity index (χ4n) is 2.52. The fourth-order valence-corrected chi connectivity index (χ4v) is 2.52. The lowest BCUT2D eigenvalue weighted by atomic mass is 9.94. The first kappa shape index (κ1) is 17.5. The first-order valence-corrected chi connectivity index (χ1v) is 7.68. The van der Waals surface area contributed by atoms with Crippen LogP contribution in [0.1, 0.15) is 45.7 Å². The largest absolute Gasteiger partial charge is 0.489 e. The monoisotopic (exact) mass is 328 g/mol. The quantitative estimate of drug-likeness (QED) is 0.806. The van der Waals surface area contributed by atoms with Crippen LogP contribution >= 0.6 is 0 Å². The summed E-state index contributed by atoms with van der Waals surface area (Å²) in [5, 5.41) is 18.8. The lowest BCUT2D eigenvalue weighted by Crippen LogP contribution is -2.13. The summed E-state index contributed by atoms with van der Waals surface area (Å²) in [6.07, 6.45) is 0.463. The molecular weight excluding hydrogens is 308 g/mol. The Morgan fingerprint density at radius 1 is 1.04 bits per heavy atom. The predicted molar refractivity (Wildman–Crippen MR) is 89.7 cm³/mol. The highest BCUT2D eigenvalue weighted by Gasteiger charge is 2.22. The third-order valence-corrected chi connectivity index (χ3v) is 3.51. The highest BCUT2D eigenvalue weighted by Crippen LogP contribution is 2.26. The molecule has 0 heterocycles. The average Bonchev–Trinajstić information content (AvgIpc) is 2.52. The van der Waals surface area contributed by atoms with Crippen LogP contribution in [0.5, 0.6) is 5.75 Å². The van der Waals surface area contributed by atoms with Gasteiger partial charge in [-0.15, -0.1) is 0 Å². The molecule has 0 saturated heterocycles. The Kier molecular flexibility index (Phi) is 5.58. The van der Waals surface area contributed by atoms with E-state index in [1.807, 2.05) is 44.2 Å². The van der Waals surface area contributed by atoms with Crippen molar-refractivity contribution < 1.29 is 24.5 Å². The third-order valence-electron chi connectivity index (χ3n) is 3.51. The summed E-state index contributed by atoms with van der Waals surface area (Å²) in [6.45, 7) is 4.18. The molecule has 0 aliphatic heterocycles. The Bertz CT molecular complexity index is 735. The van der Waals surface area contributed by atoms with E-state index in [2.05, 4.69) is 0 Å². The third kappa shape index (κ3) is 4.35. The molecule has 0 unspecified atom stereocenters. The molecule has 0 aromatic heterocycles. The van der Waals surface area contributed by atoms with Crippen molar-refractivity contribution in [1.29, 1.82) is 0 Å². The zero-order valence-corrected chi connectivity index (χ0v) is 13.7. The van der Waals surface area contributed by atoms with E-state index in [9.17, 15) is 19.8 Å². The van der Waals surface area contributed by atoms with E-state index < -0.39 is 11.9 Å². The van der Waals surface area contributed by atoms with Crippen LogP contribution in [0.4, 0.5) is 0 Å². The number of ether oxygens (including phenoxy) is 1. The van der Waals surface area contributed by atoms with Gasteiger partial charge in [-0.25, -0.2) is 9.59 Å². The molecule has 0 atom stereocenters. The summed E-state index contributed by atoms with van der Waals surface area (Å²) in [5.74, 6) is -1.97. The molecule has 2 N–H and O–H groups in total. The Labute approximate surface area is 140 Å². The molecule has 0 aliphatic carbocycles. The van der Waals surface area contributed by atoms with Crippen molar-refractivity contribution in [3.63, 3.8) is 0 Å². The Morgan fingerprint density at radius 2 is 1.71 bits per heavy atom. The number of hydrogen-bond donors (Lipinski definition) is 2. The van der Waals surface area contributed by atoms with Crippen LogP contribution in [-0.4, -0.2) is 22.2 Å². The van der Waals surface area contributed by atoms with Crippen LogP contribution in [0.25, 0.3) is 0 Å². The highest BCUT2D eigenvalue weighted by atomic mass is 16.5. The summed E-state index contributed by atoms with van der Waals surface area (Å²) in [5.41, 5.74) is 1.01. The Morgan fingerprint density at radius 3 is 2.25 bits per heavy atom. The predicted octanol–water partition coefficient (Wildman–Crippen LogP) is 3.86. The molecule has 0 aliphatic rings. The van der Waals surface area contributed by atoms with Gasteiger partial charge in [-0.1, -0.05) is 44.2 Å². The van der Waals surface area contributed by atoms with Crippen LogP contribution in [0, 0.1) is 5.92 Å². The molecule has 2 aromatic carbocycles. The second-order valence-corrected chi connectivity index (χ2v) is 5.99. The standard InChI is InChI=1S/C19H20O5/c1-12(2)8-14-9-15(24-11-13-6-4-3-5-7-13)10-16(18(20)21)17(14)19(22)23/h3-7,9-10,12H,8,11H2,1-2H3,(H,20,21)(H,22,23). The number of carbonyl (C=O) groups is 2. The number of aromatic carboxylic acids is 2. The average molecular weight is 328 g/mol. The molecule has 0 radical (unpaired) electrons. The van der Waals surface area contributed by atoms with Crippen LogP contribution in [0.2, 0.25) is 0 Å². The van der Waals surface area contributed by atoms with E-state index in [0.29, 0.717) is 17.7 Å². The number of carboxylic acids is 2. The Balaban J connectivity index is 2.39. The zero-order valence-electron chi connectivity index (χ0n) is 13.7. The number of rotatable bonds is 7. The van der Waals surface area contributed by atoms with Gasteiger partial charge >= 0.3 is 11.9 Å². The van der Waals surface area contributed by atoms with E-state index in [1.54, 1.807) is 6.07 Å². The maximum absolute atomic E-state index is 11.5. The minimum Gasteiger partial charge on any atom is -0.489 e. The van der Waals surface area contributed by atoms with Crippen molar-refractivity contribution in [2.75, 3.05) is 0 Å². The van der Waals surface area contributed by atoms with Crippen LogP contribution < -0.4 is 4.74 Å². The first-order valence-electron chi connectivity index (χ1n) is 7.68. The Hall–Kier alpha value is -2.82. The molecular formula is C19H20O5. The normalized spacial score (nSPS) is 10.6. The van der Waals surface area contributed by atoms with Gasteiger partial charge in [0.05, 0.1) is 11.1 Å². The van der Waals surface area contributed by atoms with Gasteiger partial charge in [0, 0.05) is 0 Å². The van der Waals surface area contributed by atoms with E-state index in [0.717, 1.165) is 5.56 Å². The van der Waals surface area contributed by atoms with E-state index in [-0.39, 0.29) is 23.7 Å². The second-order valence-electron chi connectivity index (χ2n) is 5.99. The molecule has 0 saturated carbocycles. The van der Waals surface area contributed by atoms with Crippen LogP contribution in [0.15, 0.2) is 42.5 Å². The van der Waals surface area contributed by atoms with Gasteiger partial charge in [0.25, 0.3) is 0 Å². The second kappa shape index (κ2) is 7.64. The van der Waals surface area contributed by atoms with Gasteiger partial charge < -0.3 is 14.9 Å². The SMILES string of the molecule is CC(C)Cc1cc(OCc2ccccc2)cc(C(=O)O)c1C(=O)O. The summed E-state index contributed by atoms with van der Waals surface area (Å²) in [6, 6.07) is 12.4. The van der Waals surface area contributed by atoms with Crippen molar-refractivity contribution >= 4 is 11.9 Å². The lowest BCUT2D eigenvalue weighted by molar-refractivity contribution is 0.0650. The van der Waals surface area contributed by atoms with Gasteiger partial charge in [0.1, 0.15) is 12.4 Å². The van der Waals surface area contributed by atoms with Gasteiger partial charge in [-0.05, 0) is 35.6 Å². The van der Waals surface area contributed by atoms with Crippen LogP contribution in [-0.2, 0) is 13.0 Å². The van der Waals surface area contributed by atoms with E-state index >= 15 is 0 Å². The van der Waals surface area contributed by atoms with Gasteiger partial charge in [0.15, 0.2) is 0 Å². The fraction of sp³-hybridized carbons (Fsp3) is 0.263. The number of carboxylic acid groups (broad SMARTS) is 2. The molecule has 2 aromatic rings. The molecule has 5 heteroatoms. The summed E-state index contributed by atoms with van der Waals surface area (Å²) in [7, 11) is 0. The smallest absolute Gasteiger partial charge is 0.336 e. The molecule has 126 valence electrons. The maximum atomic E-state index is 11.5. The van der Waals surface area contributed by atoms with E-state index in [4.69, 9.17) is 4.74 Å². The van der Waals surface area contributed by atoms with Gasteiger partial charge in [-0.3, -0.25) is 0 Å². The van der Waals surface area contributed by atoms with Gasteiger partial charge in [0.2, 0.25) is 0 Å². The molecule has 0 bridgehead atoms. The topological polar surface area (TPSA) is 83.8 Å². The van der Waals surface area contributed by atoms with Crippen molar-refractivity contribution in [1.82, 2.24) is 0 Å². The lowest BCUT2D eigenvalue weighted by Gasteiger charge is -2.15. The molecule has 24 heavy (non-hydrogen) atoms. The maximum Gasteiger partial charge on any atom is 0.336 e. The highest BCUT2D eigenvalue weighted by molar-refractivity contribution is 6.03. The first-order chi connectivity index (χ1) is 11.4. The number of hydrogen-bond acceptors (Lipinski definition) is 3. The molecule has 0 amide bonds. The summed E-state index contributed by atoms with van der Waals surface area (Å²) >= 11 is 0. The minimum absolute atomic E-state index is 0.164. The molecule has 0 spiro atoms. The van der Waals surface area contributed by atoms with Crippen molar-refractivity contribution in [2.45, 2.75) is 26.9 Å². The van der Waals surface area contributed by atoms with Crippen molar-refractivity contribution in [2.24, 2.45) is 5.92 Å². The molecule has 0 fully saturated rings. The molecule has 2 rings (SSSR count). The van der Waals surface area contributed by atoms with Crippen molar-refractivity contribution in [3.05, 3.63) is 64.7 Å². The number of benzene rings is 2. The summed E-state index contributed by atoms with van der Waals surface area (Å²) < 4.78 is 5.68. The summed E-state index contributed by atoms with van der Waals surface area (Å²) in [4.78, 5) is 23.0. The minimum atomic E-state index is -1.28. The molecule has 5 nitrogen and oxygen atoms in total. The van der Waals surface area contributed by atoms with E-state index in [1.165, 1.54) is 6.07 Å². The zero-order chi connectivity index (χ0) is 17.7. The van der Waals surface area contributed by atoms with Crippen molar-refractivity contribution in [3.8, 4) is 5.75 Å². The van der Waals surface area contributed by atoms with Crippen LogP contribution in [0.3, 0.4) is 0 Å². The van der Waals surface area contributed by atoms with Gasteiger partial charge in [-0.2, -0.15) is 0 Å².